The lowest BCUT2D eigenvalue weighted by Crippen LogP contribution is -2.08. The summed E-state index contributed by atoms with van der Waals surface area (Å²) in [7, 11) is 0. The van der Waals surface area contributed by atoms with Crippen molar-refractivity contribution in [2.75, 3.05) is 52.9 Å². The molecule has 0 aliphatic heterocycles. The average molecular weight is 402 g/mol. The zero-order valence-electron chi connectivity index (χ0n) is 15.5. The van der Waals surface area contributed by atoms with Gasteiger partial charge in [-0.2, -0.15) is 0 Å². The molecule has 162 valence electrons. The SMILES string of the molecule is C=C(C)C(=O)OC(C)=O.O=C(O)O.OCCOCCO.OCCOCCO. The molecule has 0 saturated carbocycles. The van der Waals surface area contributed by atoms with Crippen LogP contribution in [0.2, 0.25) is 0 Å². The summed E-state index contributed by atoms with van der Waals surface area (Å²) in [6, 6.07) is 0. The molecular formula is C15H30O12. The second kappa shape index (κ2) is 28.7. The van der Waals surface area contributed by atoms with E-state index in [1.807, 2.05) is 0 Å². The lowest BCUT2D eigenvalue weighted by atomic mass is 10.4. The van der Waals surface area contributed by atoms with Crippen LogP contribution in [-0.2, 0) is 23.8 Å². The molecule has 0 aromatic carbocycles. The highest BCUT2D eigenvalue weighted by Crippen LogP contribution is 1.90. The van der Waals surface area contributed by atoms with Crippen LogP contribution in [0.15, 0.2) is 12.2 Å². The first-order chi connectivity index (χ1) is 12.6. The monoisotopic (exact) mass is 402 g/mol. The van der Waals surface area contributed by atoms with E-state index < -0.39 is 18.1 Å². The third-order valence-electron chi connectivity index (χ3n) is 1.53. The van der Waals surface area contributed by atoms with Crippen molar-refractivity contribution in [3.8, 4) is 0 Å². The van der Waals surface area contributed by atoms with Gasteiger partial charge in [-0.1, -0.05) is 6.58 Å². The molecule has 0 rings (SSSR count). The number of ether oxygens (including phenoxy) is 3. The number of aliphatic hydroxyl groups excluding tert-OH is 4. The Kier molecular flexibility index (Phi) is 34.6. The minimum atomic E-state index is -1.83. The molecule has 0 aromatic heterocycles. The molecule has 0 radical (unpaired) electrons. The van der Waals surface area contributed by atoms with Gasteiger partial charge in [-0.15, -0.1) is 0 Å². The van der Waals surface area contributed by atoms with Gasteiger partial charge in [0, 0.05) is 12.5 Å². The van der Waals surface area contributed by atoms with E-state index in [1.165, 1.54) is 13.8 Å². The van der Waals surface area contributed by atoms with Crippen molar-refractivity contribution in [1.29, 1.82) is 0 Å². The molecule has 0 aromatic rings. The molecule has 0 unspecified atom stereocenters. The number of carboxylic acid groups (broad SMARTS) is 2. The molecule has 0 aliphatic rings. The van der Waals surface area contributed by atoms with Crippen LogP contribution in [-0.4, -0.2) is 102 Å². The van der Waals surface area contributed by atoms with E-state index in [1.54, 1.807) is 0 Å². The maximum Gasteiger partial charge on any atom is 0.503 e. The lowest BCUT2D eigenvalue weighted by molar-refractivity contribution is -0.155. The summed E-state index contributed by atoms with van der Waals surface area (Å²) < 4.78 is 13.4. The Labute approximate surface area is 157 Å². The van der Waals surface area contributed by atoms with Gasteiger partial charge in [0.2, 0.25) is 0 Å². The van der Waals surface area contributed by atoms with Crippen molar-refractivity contribution in [3.63, 3.8) is 0 Å². The first-order valence-electron chi connectivity index (χ1n) is 7.49. The maximum absolute atomic E-state index is 10.4. The lowest BCUT2D eigenvalue weighted by Gasteiger charge is -1.95. The van der Waals surface area contributed by atoms with Crippen molar-refractivity contribution >= 4 is 18.1 Å². The quantitative estimate of drug-likeness (QED) is 0.117. The Balaban J connectivity index is -0.000000135. The standard InChI is InChI=1S/C6H8O3.2C4H10O3.CH2O3/c1-4(2)6(8)9-5(3)7;2*5-1-3-7-4-2-6;2-1(3)4/h1H2,2-3H3;2*5-6H,1-4H2;(H2,2,3,4). The normalized spacial score (nSPS) is 8.52. The highest BCUT2D eigenvalue weighted by molar-refractivity contribution is 5.94. The van der Waals surface area contributed by atoms with Gasteiger partial charge in [-0.05, 0) is 6.92 Å². The molecule has 0 heterocycles. The van der Waals surface area contributed by atoms with Crippen molar-refractivity contribution in [2.24, 2.45) is 0 Å². The molecule has 0 amide bonds. The molecule has 0 aliphatic carbocycles. The van der Waals surface area contributed by atoms with Gasteiger partial charge in [-0.25, -0.2) is 9.59 Å². The van der Waals surface area contributed by atoms with E-state index in [4.69, 9.17) is 35.4 Å². The summed E-state index contributed by atoms with van der Waals surface area (Å²) >= 11 is 0. The van der Waals surface area contributed by atoms with E-state index in [0.29, 0.717) is 26.4 Å². The molecule has 0 saturated heterocycles. The molecule has 12 nitrogen and oxygen atoms in total. The van der Waals surface area contributed by atoms with Crippen molar-refractivity contribution < 1.29 is 59.2 Å². The number of rotatable bonds is 9. The van der Waals surface area contributed by atoms with Crippen LogP contribution in [0, 0.1) is 0 Å². The van der Waals surface area contributed by atoms with Gasteiger partial charge in [0.1, 0.15) is 0 Å². The molecule has 0 spiro atoms. The minimum Gasteiger partial charge on any atom is -0.450 e. The van der Waals surface area contributed by atoms with Gasteiger partial charge >= 0.3 is 18.1 Å². The fraction of sp³-hybridized carbons (Fsp3) is 0.667. The third-order valence-corrected chi connectivity index (χ3v) is 1.53. The Morgan fingerprint density at radius 3 is 1.11 bits per heavy atom. The van der Waals surface area contributed by atoms with Crippen LogP contribution < -0.4 is 0 Å². The van der Waals surface area contributed by atoms with Gasteiger partial charge in [0.15, 0.2) is 0 Å². The van der Waals surface area contributed by atoms with E-state index >= 15 is 0 Å². The zero-order chi connectivity index (χ0) is 22.1. The molecule has 0 bridgehead atoms. The number of carbonyl (C=O) groups is 3. The first kappa shape index (κ1) is 32.6. The van der Waals surface area contributed by atoms with Gasteiger partial charge in [-0.3, -0.25) is 4.79 Å². The van der Waals surface area contributed by atoms with Crippen LogP contribution in [0.3, 0.4) is 0 Å². The number of aliphatic hydroxyl groups is 4. The minimum absolute atomic E-state index is 0.0278. The summed E-state index contributed by atoms with van der Waals surface area (Å²) in [5, 5.41) is 46.3. The highest BCUT2D eigenvalue weighted by Gasteiger charge is 2.04. The Bertz CT molecular complexity index is 348. The zero-order valence-corrected chi connectivity index (χ0v) is 15.5. The van der Waals surface area contributed by atoms with Crippen LogP contribution in [0.5, 0.6) is 0 Å². The molecular weight excluding hydrogens is 372 g/mol. The van der Waals surface area contributed by atoms with Crippen LogP contribution in [0.1, 0.15) is 13.8 Å². The van der Waals surface area contributed by atoms with Crippen LogP contribution in [0.4, 0.5) is 4.79 Å². The number of carbonyl (C=O) groups excluding carboxylic acids is 2. The Hall–Kier alpha value is -2.09. The second-order valence-corrected chi connectivity index (χ2v) is 4.06. The van der Waals surface area contributed by atoms with E-state index in [2.05, 4.69) is 20.8 Å². The number of hydrogen-bond donors (Lipinski definition) is 6. The van der Waals surface area contributed by atoms with Crippen molar-refractivity contribution in [1.82, 2.24) is 0 Å². The topological polar surface area (TPSA) is 200 Å². The van der Waals surface area contributed by atoms with Gasteiger partial charge in [0.05, 0.1) is 52.9 Å². The predicted octanol–water partition coefficient (Wildman–Crippen LogP) is -1.15. The summed E-state index contributed by atoms with van der Waals surface area (Å²) in [6.07, 6.45) is -1.83. The van der Waals surface area contributed by atoms with E-state index in [9.17, 15) is 9.59 Å². The van der Waals surface area contributed by atoms with E-state index in [-0.39, 0.29) is 32.0 Å². The molecule has 0 atom stereocenters. The van der Waals surface area contributed by atoms with Gasteiger partial charge < -0.3 is 44.8 Å². The summed E-state index contributed by atoms with van der Waals surface area (Å²) in [4.78, 5) is 29.0. The predicted molar refractivity (Wildman–Crippen MR) is 92.2 cm³/mol. The Morgan fingerprint density at radius 1 is 0.741 bits per heavy atom. The van der Waals surface area contributed by atoms with E-state index in [0.717, 1.165) is 0 Å². The Morgan fingerprint density at radius 2 is 1.00 bits per heavy atom. The van der Waals surface area contributed by atoms with Gasteiger partial charge in [0.25, 0.3) is 0 Å². The largest absolute Gasteiger partial charge is 0.503 e. The smallest absolute Gasteiger partial charge is 0.450 e. The summed E-state index contributed by atoms with van der Waals surface area (Å²) in [5.74, 6) is -1.27. The van der Waals surface area contributed by atoms with Crippen molar-refractivity contribution in [3.05, 3.63) is 12.2 Å². The molecule has 0 fully saturated rings. The summed E-state index contributed by atoms with van der Waals surface area (Å²) in [6.45, 7) is 7.32. The van der Waals surface area contributed by atoms with Crippen LogP contribution >= 0.6 is 0 Å². The molecule has 6 N–H and O–H groups in total. The highest BCUT2D eigenvalue weighted by atomic mass is 16.6. The number of esters is 2. The fourth-order valence-electron chi connectivity index (χ4n) is 0.680. The maximum atomic E-state index is 10.4. The molecule has 27 heavy (non-hydrogen) atoms. The summed E-state index contributed by atoms with van der Waals surface area (Å²) in [5.41, 5.74) is 0.227. The average Bonchev–Trinajstić information content (AvgIpc) is 2.56. The fourth-order valence-corrected chi connectivity index (χ4v) is 0.680. The van der Waals surface area contributed by atoms with Crippen LogP contribution in [0.25, 0.3) is 0 Å². The second-order valence-electron chi connectivity index (χ2n) is 4.06. The number of hydrogen-bond acceptors (Lipinski definition) is 10. The first-order valence-corrected chi connectivity index (χ1v) is 7.49. The third kappa shape index (κ3) is 59.3. The molecule has 12 heteroatoms. The van der Waals surface area contributed by atoms with Crippen molar-refractivity contribution in [2.45, 2.75) is 13.8 Å².